The number of hydrogen-bond acceptors (Lipinski definition) is 6. The zero-order valence-corrected chi connectivity index (χ0v) is 11.0. The van der Waals surface area contributed by atoms with Crippen LogP contribution in [0.15, 0.2) is 0 Å². The van der Waals surface area contributed by atoms with Crippen molar-refractivity contribution in [2.45, 2.75) is 19.5 Å². The van der Waals surface area contributed by atoms with Crippen LogP contribution in [-0.4, -0.2) is 43.9 Å². The Morgan fingerprint density at radius 2 is 2.25 bits per heavy atom. The number of rotatable bonds is 6. The molecule has 2 N–H and O–H groups in total. The van der Waals surface area contributed by atoms with Crippen molar-refractivity contribution in [2.24, 2.45) is 0 Å². The molecule has 0 amide bonds. The summed E-state index contributed by atoms with van der Waals surface area (Å²) in [4.78, 5) is 7.35. The van der Waals surface area contributed by atoms with E-state index in [0.29, 0.717) is 12.4 Å². The Labute approximate surface area is 100 Å². The summed E-state index contributed by atoms with van der Waals surface area (Å²) in [5.74, 6) is 0.659. The molecule has 0 spiro atoms. The number of thiazole rings is 1. The molecule has 0 bridgehead atoms. The van der Waals surface area contributed by atoms with Gasteiger partial charge in [-0.1, -0.05) is 11.3 Å². The standard InChI is InChI=1S/C10H19N3O2S/c1-7(6-14)11-5-8-9(15-4)12-10(16-8)13(2)3/h7,11,14H,5-6H2,1-4H3. The Bertz CT molecular complexity index is 328. The molecular weight excluding hydrogens is 226 g/mol. The zero-order chi connectivity index (χ0) is 12.1. The van der Waals surface area contributed by atoms with E-state index in [0.717, 1.165) is 10.0 Å². The van der Waals surface area contributed by atoms with Crippen LogP contribution < -0.4 is 15.0 Å². The summed E-state index contributed by atoms with van der Waals surface area (Å²) in [5.41, 5.74) is 0. The molecule has 1 atom stereocenters. The van der Waals surface area contributed by atoms with E-state index >= 15 is 0 Å². The highest BCUT2D eigenvalue weighted by Gasteiger charge is 2.13. The molecule has 0 saturated heterocycles. The van der Waals surface area contributed by atoms with Crippen molar-refractivity contribution in [1.82, 2.24) is 10.3 Å². The van der Waals surface area contributed by atoms with Crippen LogP contribution in [0.1, 0.15) is 11.8 Å². The van der Waals surface area contributed by atoms with E-state index in [-0.39, 0.29) is 12.6 Å². The third-order valence-electron chi connectivity index (χ3n) is 2.11. The average Bonchev–Trinajstić information content (AvgIpc) is 2.69. The maximum Gasteiger partial charge on any atom is 0.230 e. The summed E-state index contributed by atoms with van der Waals surface area (Å²) in [7, 11) is 5.52. The fraction of sp³-hybridized carbons (Fsp3) is 0.700. The minimum atomic E-state index is 0.0783. The third-order valence-corrected chi connectivity index (χ3v) is 3.32. The third kappa shape index (κ3) is 3.33. The first-order valence-corrected chi connectivity index (χ1v) is 5.95. The molecule has 0 aliphatic heterocycles. The fourth-order valence-electron chi connectivity index (χ4n) is 1.12. The number of aliphatic hydroxyl groups excluding tert-OH is 1. The number of aliphatic hydroxyl groups is 1. The SMILES string of the molecule is COc1nc(N(C)C)sc1CNC(C)CO. The second kappa shape index (κ2) is 6.03. The quantitative estimate of drug-likeness (QED) is 0.772. The number of anilines is 1. The lowest BCUT2D eigenvalue weighted by Crippen LogP contribution is -2.28. The number of nitrogens with one attached hydrogen (secondary N) is 1. The largest absolute Gasteiger partial charge is 0.480 e. The van der Waals surface area contributed by atoms with Gasteiger partial charge in [0.25, 0.3) is 0 Å². The highest BCUT2D eigenvalue weighted by Crippen LogP contribution is 2.30. The Balaban J connectivity index is 2.70. The summed E-state index contributed by atoms with van der Waals surface area (Å²) in [6.07, 6.45) is 0. The monoisotopic (exact) mass is 245 g/mol. The van der Waals surface area contributed by atoms with Gasteiger partial charge in [0.1, 0.15) is 0 Å². The molecule has 1 aromatic heterocycles. The molecule has 92 valence electrons. The van der Waals surface area contributed by atoms with Gasteiger partial charge in [0, 0.05) is 26.7 Å². The van der Waals surface area contributed by atoms with E-state index in [1.54, 1.807) is 18.4 Å². The van der Waals surface area contributed by atoms with E-state index in [4.69, 9.17) is 9.84 Å². The lowest BCUT2D eigenvalue weighted by atomic mass is 10.3. The van der Waals surface area contributed by atoms with Crippen LogP contribution in [0.5, 0.6) is 5.88 Å². The van der Waals surface area contributed by atoms with Gasteiger partial charge >= 0.3 is 0 Å². The smallest absolute Gasteiger partial charge is 0.230 e. The number of methoxy groups -OCH3 is 1. The van der Waals surface area contributed by atoms with Gasteiger partial charge in [-0.05, 0) is 6.92 Å². The minimum absolute atomic E-state index is 0.0783. The lowest BCUT2D eigenvalue weighted by molar-refractivity contribution is 0.250. The number of nitrogens with zero attached hydrogens (tertiary/aromatic N) is 2. The van der Waals surface area contributed by atoms with Crippen molar-refractivity contribution in [2.75, 3.05) is 32.7 Å². The van der Waals surface area contributed by atoms with E-state index in [9.17, 15) is 0 Å². The molecule has 0 saturated carbocycles. The van der Waals surface area contributed by atoms with Gasteiger partial charge in [0.2, 0.25) is 5.88 Å². The summed E-state index contributed by atoms with van der Waals surface area (Å²) in [6, 6.07) is 0.0783. The van der Waals surface area contributed by atoms with Crippen LogP contribution >= 0.6 is 11.3 Å². The van der Waals surface area contributed by atoms with Gasteiger partial charge in [-0.25, -0.2) is 0 Å². The van der Waals surface area contributed by atoms with Crippen LogP contribution in [0.25, 0.3) is 0 Å². The molecular formula is C10H19N3O2S. The first-order valence-electron chi connectivity index (χ1n) is 5.13. The van der Waals surface area contributed by atoms with Crippen LogP contribution in [0.3, 0.4) is 0 Å². The van der Waals surface area contributed by atoms with Crippen LogP contribution in [0, 0.1) is 0 Å². The molecule has 0 aromatic carbocycles. The van der Waals surface area contributed by atoms with Crippen molar-refractivity contribution >= 4 is 16.5 Å². The van der Waals surface area contributed by atoms with E-state index in [1.165, 1.54) is 0 Å². The molecule has 1 unspecified atom stereocenters. The molecule has 16 heavy (non-hydrogen) atoms. The van der Waals surface area contributed by atoms with E-state index < -0.39 is 0 Å². The summed E-state index contributed by atoms with van der Waals surface area (Å²) in [5, 5.41) is 13.0. The van der Waals surface area contributed by atoms with E-state index in [2.05, 4.69) is 10.3 Å². The maximum absolute atomic E-state index is 8.92. The summed E-state index contributed by atoms with van der Waals surface area (Å²) >= 11 is 1.59. The van der Waals surface area contributed by atoms with Gasteiger partial charge in [-0.2, -0.15) is 4.98 Å². The summed E-state index contributed by atoms with van der Waals surface area (Å²) in [6.45, 7) is 2.72. The lowest BCUT2D eigenvalue weighted by Gasteiger charge is -2.09. The van der Waals surface area contributed by atoms with Gasteiger partial charge in [-0.15, -0.1) is 0 Å². The predicted molar refractivity (Wildman–Crippen MR) is 66.4 cm³/mol. The van der Waals surface area contributed by atoms with Gasteiger partial charge in [0.15, 0.2) is 5.13 Å². The zero-order valence-electron chi connectivity index (χ0n) is 10.1. The summed E-state index contributed by atoms with van der Waals surface area (Å²) < 4.78 is 5.21. The molecule has 5 nitrogen and oxygen atoms in total. The fourth-order valence-corrected chi connectivity index (χ4v) is 2.02. The van der Waals surface area contributed by atoms with Crippen LogP contribution in [-0.2, 0) is 6.54 Å². The molecule has 1 heterocycles. The van der Waals surface area contributed by atoms with Gasteiger partial charge in [-0.3, -0.25) is 0 Å². The van der Waals surface area contributed by atoms with Crippen molar-refractivity contribution in [3.8, 4) is 5.88 Å². The van der Waals surface area contributed by atoms with Crippen molar-refractivity contribution in [3.05, 3.63) is 4.88 Å². The molecule has 0 aliphatic rings. The normalized spacial score (nSPS) is 12.6. The van der Waals surface area contributed by atoms with Gasteiger partial charge < -0.3 is 20.1 Å². The number of ether oxygens (including phenoxy) is 1. The second-order valence-electron chi connectivity index (χ2n) is 3.79. The minimum Gasteiger partial charge on any atom is -0.480 e. The Morgan fingerprint density at radius 1 is 1.56 bits per heavy atom. The highest BCUT2D eigenvalue weighted by atomic mass is 32.1. The Hall–Kier alpha value is -0.850. The maximum atomic E-state index is 8.92. The molecule has 1 rings (SSSR count). The molecule has 6 heteroatoms. The Kier molecular flexibility index (Phi) is 4.98. The second-order valence-corrected chi connectivity index (χ2v) is 4.85. The predicted octanol–water partition coefficient (Wildman–Crippen LogP) is 0.688. The van der Waals surface area contributed by atoms with Crippen molar-refractivity contribution in [1.29, 1.82) is 0 Å². The van der Waals surface area contributed by atoms with Gasteiger partial charge in [0.05, 0.1) is 18.6 Å². The van der Waals surface area contributed by atoms with Crippen LogP contribution in [0.2, 0.25) is 0 Å². The molecule has 0 radical (unpaired) electrons. The Morgan fingerprint density at radius 3 is 2.75 bits per heavy atom. The molecule has 0 aliphatic carbocycles. The number of aromatic nitrogens is 1. The van der Waals surface area contributed by atoms with Crippen molar-refractivity contribution < 1.29 is 9.84 Å². The molecule has 1 aromatic rings. The van der Waals surface area contributed by atoms with E-state index in [1.807, 2.05) is 25.9 Å². The molecule has 0 fully saturated rings. The van der Waals surface area contributed by atoms with Crippen LogP contribution in [0.4, 0.5) is 5.13 Å². The van der Waals surface area contributed by atoms with Crippen molar-refractivity contribution in [3.63, 3.8) is 0 Å². The number of hydrogen-bond donors (Lipinski definition) is 2. The first-order chi connectivity index (χ1) is 7.58. The topological polar surface area (TPSA) is 57.6 Å². The average molecular weight is 245 g/mol. The highest BCUT2D eigenvalue weighted by molar-refractivity contribution is 7.15. The first kappa shape index (κ1) is 13.2.